The molecule has 0 radical (unpaired) electrons. The van der Waals surface area contributed by atoms with Crippen LogP contribution < -0.4 is 20.2 Å². The molecule has 0 atom stereocenters. The van der Waals surface area contributed by atoms with Crippen molar-refractivity contribution in [1.29, 1.82) is 0 Å². The predicted octanol–water partition coefficient (Wildman–Crippen LogP) is 17.0. The van der Waals surface area contributed by atoms with Crippen LogP contribution in [0.5, 0.6) is 0 Å². The van der Waals surface area contributed by atoms with Gasteiger partial charge in [0.05, 0.1) is 21.6 Å². The van der Waals surface area contributed by atoms with Gasteiger partial charge in [-0.2, -0.15) is 0 Å². The molecule has 1 spiro atoms. The molecule has 0 saturated carbocycles. The minimum atomic E-state index is -1.52. The van der Waals surface area contributed by atoms with Gasteiger partial charge in [0, 0.05) is 34.1 Å². The van der Waals surface area contributed by atoms with E-state index in [0.29, 0.717) is 0 Å². The summed E-state index contributed by atoms with van der Waals surface area (Å²) >= 11 is 0. The van der Waals surface area contributed by atoms with Crippen molar-refractivity contribution in [3.05, 3.63) is 240 Å². The lowest BCUT2D eigenvalue weighted by atomic mass is 9.69. The number of hydrogen-bond acceptors (Lipinski definition) is 2. The molecule has 0 N–H and O–H groups in total. The van der Waals surface area contributed by atoms with E-state index >= 15 is 0 Å². The van der Waals surface area contributed by atoms with Crippen molar-refractivity contribution in [1.82, 2.24) is 0 Å². The first kappa shape index (κ1) is 43.1. The fraction of sp³-hybridized carbons (Fsp3) is 0.138. The number of fused-ring (bicyclic) bond motifs is 15. The maximum absolute atomic E-state index is 2.54. The molecule has 10 aromatic rings. The molecule has 4 heteroatoms. The maximum Gasteiger partial charge on any atom is 0.0775 e. The molecule has 0 aliphatic heterocycles. The van der Waals surface area contributed by atoms with Crippen molar-refractivity contribution in [3.63, 3.8) is 0 Å². The lowest BCUT2D eigenvalue weighted by Gasteiger charge is -2.33. The van der Waals surface area contributed by atoms with Crippen LogP contribution in [0.1, 0.15) is 33.4 Å². The Morgan fingerprint density at radius 2 is 0.725 bits per heavy atom. The van der Waals surface area contributed by atoms with Crippen LogP contribution in [0.25, 0.3) is 43.8 Å². The number of aryl methyl sites for hydroxylation is 2. The number of benzene rings is 10. The summed E-state index contributed by atoms with van der Waals surface area (Å²) in [6.45, 7) is 18.9. The van der Waals surface area contributed by atoms with E-state index in [1.54, 1.807) is 0 Å². The van der Waals surface area contributed by atoms with E-state index in [1.165, 1.54) is 87.6 Å². The van der Waals surface area contributed by atoms with E-state index in [9.17, 15) is 0 Å². The van der Waals surface area contributed by atoms with Crippen LogP contribution in [0.3, 0.4) is 0 Å². The highest BCUT2D eigenvalue weighted by Crippen LogP contribution is 2.66. The zero-order valence-electron chi connectivity index (χ0n) is 41.0. The zero-order valence-corrected chi connectivity index (χ0v) is 43.0. The third-order valence-electron chi connectivity index (χ3n) is 15.1. The topological polar surface area (TPSA) is 6.48 Å². The molecule has 0 heterocycles. The van der Waals surface area contributed by atoms with Crippen LogP contribution in [0.2, 0.25) is 39.3 Å². The van der Waals surface area contributed by atoms with Crippen molar-refractivity contribution in [2.75, 3.05) is 9.80 Å². The molecule has 10 aromatic carbocycles. The summed E-state index contributed by atoms with van der Waals surface area (Å²) in [5.74, 6) is 0. The number of hydrogen-bond donors (Lipinski definition) is 0. The van der Waals surface area contributed by atoms with Gasteiger partial charge in [0.15, 0.2) is 0 Å². The minimum absolute atomic E-state index is 0.582. The molecule has 0 saturated heterocycles. The Morgan fingerprint density at radius 1 is 0.319 bits per heavy atom. The maximum atomic E-state index is 2.54. The SMILES string of the molecule is Cc1ccc(N(c2ccc([Si](C)(C)C)cc2)c2ccc3c(c2)C2(c4ccccc4-c4ccccc42)c2c-3c3ccccc3c3cc(N(c4ccc(C)cc4)c4ccc([Si](C)(C)C)cc4)ccc23)cc1. The molecule has 2 aliphatic rings. The summed E-state index contributed by atoms with van der Waals surface area (Å²) in [5.41, 5.74) is 19.4. The summed E-state index contributed by atoms with van der Waals surface area (Å²) in [6, 6.07) is 79.1. The van der Waals surface area contributed by atoms with Crippen LogP contribution in [0.15, 0.2) is 206 Å². The van der Waals surface area contributed by atoms with Gasteiger partial charge in [-0.05, 0) is 153 Å². The van der Waals surface area contributed by atoms with Gasteiger partial charge in [-0.3, -0.25) is 0 Å². The van der Waals surface area contributed by atoms with E-state index in [-0.39, 0.29) is 0 Å². The molecule has 0 unspecified atom stereocenters. The first-order valence-electron chi connectivity index (χ1n) is 24.6. The summed E-state index contributed by atoms with van der Waals surface area (Å²) in [5, 5.41) is 8.01. The van der Waals surface area contributed by atoms with E-state index < -0.39 is 21.6 Å². The Bertz CT molecular complexity index is 3590. The molecule has 0 aromatic heterocycles. The van der Waals surface area contributed by atoms with Crippen LogP contribution >= 0.6 is 0 Å². The van der Waals surface area contributed by atoms with Crippen molar-refractivity contribution >= 4 is 82.2 Å². The highest BCUT2D eigenvalue weighted by molar-refractivity contribution is 6.89. The molecule has 0 amide bonds. The van der Waals surface area contributed by atoms with Gasteiger partial charge in [0.25, 0.3) is 0 Å². The van der Waals surface area contributed by atoms with Gasteiger partial charge in [0.2, 0.25) is 0 Å². The molecule has 0 fully saturated rings. The van der Waals surface area contributed by atoms with Crippen LogP contribution in [-0.4, -0.2) is 16.1 Å². The van der Waals surface area contributed by atoms with E-state index in [0.717, 1.165) is 34.1 Å². The highest BCUT2D eigenvalue weighted by atomic mass is 28.3. The Hall–Kier alpha value is -7.25. The largest absolute Gasteiger partial charge is 0.310 e. The third-order valence-corrected chi connectivity index (χ3v) is 19.2. The molecule has 2 aliphatic carbocycles. The van der Waals surface area contributed by atoms with Gasteiger partial charge in [-0.15, -0.1) is 0 Å². The number of nitrogens with zero attached hydrogens (tertiary/aromatic N) is 2. The van der Waals surface area contributed by atoms with Gasteiger partial charge >= 0.3 is 0 Å². The molecule has 69 heavy (non-hydrogen) atoms. The molecular formula is C65H58N2Si2. The minimum Gasteiger partial charge on any atom is -0.310 e. The summed E-state index contributed by atoms with van der Waals surface area (Å²) in [7, 11) is -3.02. The second kappa shape index (κ2) is 15.9. The van der Waals surface area contributed by atoms with Gasteiger partial charge in [-0.25, -0.2) is 0 Å². The molecule has 12 rings (SSSR count). The predicted molar refractivity (Wildman–Crippen MR) is 303 cm³/mol. The van der Waals surface area contributed by atoms with E-state index in [4.69, 9.17) is 0 Å². The average molecular weight is 923 g/mol. The number of anilines is 6. The number of rotatable bonds is 8. The van der Waals surface area contributed by atoms with Crippen LogP contribution in [-0.2, 0) is 5.41 Å². The molecule has 2 nitrogen and oxygen atoms in total. The molecule has 0 bridgehead atoms. The Morgan fingerprint density at radius 3 is 1.22 bits per heavy atom. The summed E-state index contributed by atoms with van der Waals surface area (Å²) in [4.78, 5) is 4.91. The normalized spacial score (nSPS) is 13.3. The monoisotopic (exact) mass is 922 g/mol. The van der Waals surface area contributed by atoms with Crippen LogP contribution in [0.4, 0.5) is 34.1 Å². The van der Waals surface area contributed by atoms with Crippen molar-refractivity contribution < 1.29 is 0 Å². The van der Waals surface area contributed by atoms with Gasteiger partial charge < -0.3 is 9.80 Å². The third kappa shape index (κ3) is 6.79. The summed E-state index contributed by atoms with van der Waals surface area (Å²) in [6.07, 6.45) is 0. The Kier molecular flexibility index (Phi) is 9.93. The lowest BCUT2D eigenvalue weighted by molar-refractivity contribution is 0.801. The highest BCUT2D eigenvalue weighted by Gasteiger charge is 2.53. The Labute approximate surface area is 410 Å². The second-order valence-corrected chi connectivity index (χ2v) is 31.7. The van der Waals surface area contributed by atoms with E-state index in [1.807, 2.05) is 0 Å². The zero-order chi connectivity index (χ0) is 47.4. The molecular weight excluding hydrogens is 865 g/mol. The lowest BCUT2D eigenvalue weighted by Crippen LogP contribution is -2.37. The van der Waals surface area contributed by atoms with Gasteiger partial charge in [-0.1, -0.05) is 194 Å². The quantitative estimate of drug-likeness (QED) is 0.111. The van der Waals surface area contributed by atoms with Crippen molar-refractivity contribution in [2.45, 2.75) is 58.5 Å². The van der Waals surface area contributed by atoms with Crippen LogP contribution in [0, 0.1) is 13.8 Å². The van der Waals surface area contributed by atoms with E-state index in [2.05, 4.69) is 269 Å². The first-order valence-corrected chi connectivity index (χ1v) is 31.6. The van der Waals surface area contributed by atoms with Crippen molar-refractivity contribution in [3.8, 4) is 22.3 Å². The summed E-state index contributed by atoms with van der Waals surface area (Å²) < 4.78 is 0. The second-order valence-electron chi connectivity index (χ2n) is 21.5. The van der Waals surface area contributed by atoms with Gasteiger partial charge in [0.1, 0.15) is 0 Å². The standard InChI is InChI=1S/C65H58N2Si2/c1-43-21-25-45(26-22-43)66(47-29-35-51(36-30-47)68(3,4)5)49-33-39-57-59(41-49)53-15-9-10-18-56(53)63-58-40-34-50(67(46-27-23-44(2)24-28-46)48-31-37-52(38-32-48)69(6,7)8)42-62(58)65(64(57)63)60-19-13-11-16-54(60)55-17-12-14-20-61(55)65/h9-42H,1-8H3. The fourth-order valence-electron chi connectivity index (χ4n) is 11.6. The fourth-order valence-corrected chi connectivity index (χ4v) is 14.0. The molecule has 336 valence electrons. The Balaban J connectivity index is 1.15. The first-order chi connectivity index (χ1) is 33.3. The average Bonchev–Trinajstić information content (AvgIpc) is 3.83. The van der Waals surface area contributed by atoms with Crippen molar-refractivity contribution in [2.24, 2.45) is 0 Å². The smallest absolute Gasteiger partial charge is 0.0775 e.